The lowest BCUT2D eigenvalue weighted by atomic mass is 10.1. The number of nitrogens with zero attached hydrogens (tertiary/aromatic N) is 1. The summed E-state index contributed by atoms with van der Waals surface area (Å²) in [6.07, 6.45) is 1.40. The molecule has 0 bridgehead atoms. The molecule has 1 heterocycles. The van der Waals surface area contributed by atoms with E-state index in [-0.39, 0.29) is 23.0 Å². The van der Waals surface area contributed by atoms with Gasteiger partial charge in [0.1, 0.15) is 16.5 Å². The fourth-order valence-corrected chi connectivity index (χ4v) is 3.70. The van der Waals surface area contributed by atoms with Crippen molar-refractivity contribution in [1.82, 2.24) is 5.43 Å². The van der Waals surface area contributed by atoms with E-state index in [1.807, 2.05) is 0 Å². The van der Waals surface area contributed by atoms with Crippen molar-refractivity contribution in [2.75, 3.05) is 26.1 Å². The predicted molar refractivity (Wildman–Crippen MR) is 114 cm³/mol. The molecule has 10 heteroatoms. The smallest absolute Gasteiger partial charge is 0.341 e. The minimum atomic E-state index is -0.685. The lowest BCUT2D eigenvalue weighted by molar-refractivity contribution is 0.0527. The van der Waals surface area contributed by atoms with Gasteiger partial charge in [-0.15, -0.1) is 11.3 Å². The molecular weight excluding hydrogens is 410 g/mol. The summed E-state index contributed by atoms with van der Waals surface area (Å²) in [7, 11) is 3.05. The van der Waals surface area contributed by atoms with Crippen LogP contribution < -0.4 is 20.2 Å². The van der Waals surface area contributed by atoms with Gasteiger partial charge >= 0.3 is 12.0 Å². The molecule has 160 valence electrons. The van der Waals surface area contributed by atoms with Gasteiger partial charge in [0.05, 0.1) is 37.5 Å². The van der Waals surface area contributed by atoms with Crippen molar-refractivity contribution in [3.8, 4) is 11.5 Å². The van der Waals surface area contributed by atoms with Crippen molar-refractivity contribution >= 4 is 40.3 Å². The van der Waals surface area contributed by atoms with E-state index < -0.39 is 12.0 Å². The van der Waals surface area contributed by atoms with Gasteiger partial charge in [-0.25, -0.2) is 15.0 Å². The number of rotatable bonds is 8. The van der Waals surface area contributed by atoms with Crippen molar-refractivity contribution in [3.05, 3.63) is 39.8 Å². The molecule has 2 rings (SSSR count). The average Bonchev–Trinajstić information content (AvgIpc) is 3.04. The first kappa shape index (κ1) is 22.9. The number of thiophene rings is 1. The van der Waals surface area contributed by atoms with E-state index in [2.05, 4.69) is 15.8 Å². The maximum absolute atomic E-state index is 12.3. The second kappa shape index (κ2) is 10.4. The van der Waals surface area contributed by atoms with Gasteiger partial charge in [0.15, 0.2) is 5.78 Å². The number of urea groups is 1. The zero-order valence-corrected chi connectivity index (χ0v) is 18.1. The van der Waals surface area contributed by atoms with Gasteiger partial charge in [-0.1, -0.05) is 0 Å². The highest BCUT2D eigenvalue weighted by Crippen LogP contribution is 2.34. The van der Waals surface area contributed by atoms with E-state index in [1.165, 1.54) is 27.4 Å². The number of amides is 2. The van der Waals surface area contributed by atoms with Crippen LogP contribution in [0.15, 0.2) is 23.3 Å². The fourth-order valence-electron chi connectivity index (χ4n) is 2.62. The van der Waals surface area contributed by atoms with Crippen LogP contribution in [-0.4, -0.2) is 44.8 Å². The highest BCUT2D eigenvalue weighted by molar-refractivity contribution is 7.18. The standard InChI is InChI=1S/C20H23N3O6S/c1-6-29-19(25)16-11(2)17(12(3)24)30-18(16)22-20(26)23-21-10-13-9-14(27-4)7-8-15(13)28-5/h7-10H,6H2,1-5H3,(H2,22,23,26). The quantitative estimate of drug-likeness (QED) is 0.284. The number of hydrogen-bond acceptors (Lipinski definition) is 8. The molecule has 30 heavy (non-hydrogen) atoms. The Bertz CT molecular complexity index is 983. The number of nitrogens with one attached hydrogen (secondary N) is 2. The van der Waals surface area contributed by atoms with Gasteiger partial charge in [0.25, 0.3) is 0 Å². The molecule has 0 saturated heterocycles. The zero-order chi connectivity index (χ0) is 22.3. The lowest BCUT2D eigenvalue weighted by Gasteiger charge is -2.07. The summed E-state index contributed by atoms with van der Waals surface area (Å²) < 4.78 is 15.4. The number of anilines is 1. The van der Waals surface area contributed by atoms with Crippen molar-refractivity contribution in [2.24, 2.45) is 5.10 Å². The van der Waals surface area contributed by atoms with Crippen LogP contribution in [0.4, 0.5) is 9.80 Å². The molecule has 0 aliphatic heterocycles. The fraction of sp³-hybridized carbons (Fsp3) is 0.300. The topological polar surface area (TPSA) is 115 Å². The summed E-state index contributed by atoms with van der Waals surface area (Å²) in [6, 6.07) is 4.46. The Morgan fingerprint density at radius 1 is 1.20 bits per heavy atom. The van der Waals surface area contributed by atoms with Crippen molar-refractivity contribution in [3.63, 3.8) is 0 Å². The molecule has 0 spiro atoms. The predicted octanol–water partition coefficient (Wildman–Crippen LogP) is 3.61. The molecule has 2 amide bonds. The summed E-state index contributed by atoms with van der Waals surface area (Å²) in [5.41, 5.74) is 3.53. The summed E-state index contributed by atoms with van der Waals surface area (Å²) in [4.78, 5) is 36.8. The molecule has 0 saturated carbocycles. The number of methoxy groups -OCH3 is 2. The first-order valence-electron chi connectivity index (χ1n) is 8.95. The van der Waals surface area contributed by atoms with Gasteiger partial charge in [0.2, 0.25) is 0 Å². The van der Waals surface area contributed by atoms with Crippen LogP contribution in [0.2, 0.25) is 0 Å². The van der Waals surface area contributed by atoms with Crippen LogP contribution in [0.25, 0.3) is 0 Å². The summed E-state index contributed by atoms with van der Waals surface area (Å²) in [5.74, 6) is 0.330. The zero-order valence-electron chi connectivity index (χ0n) is 17.3. The Morgan fingerprint density at radius 2 is 1.93 bits per heavy atom. The lowest BCUT2D eigenvalue weighted by Crippen LogP contribution is -2.25. The van der Waals surface area contributed by atoms with Crippen LogP contribution in [-0.2, 0) is 4.74 Å². The largest absolute Gasteiger partial charge is 0.497 e. The van der Waals surface area contributed by atoms with Crippen LogP contribution in [0.1, 0.15) is 45.0 Å². The number of carbonyl (C=O) groups is 3. The van der Waals surface area contributed by atoms with E-state index in [9.17, 15) is 14.4 Å². The molecule has 0 atom stereocenters. The number of esters is 1. The van der Waals surface area contributed by atoms with Crippen LogP contribution in [0, 0.1) is 6.92 Å². The molecule has 1 aromatic carbocycles. The van der Waals surface area contributed by atoms with Crippen molar-refractivity contribution in [1.29, 1.82) is 0 Å². The summed E-state index contributed by atoms with van der Waals surface area (Å²) in [5, 5.41) is 6.66. The Hall–Kier alpha value is -3.40. The van der Waals surface area contributed by atoms with E-state index >= 15 is 0 Å². The Balaban J connectivity index is 2.19. The number of Topliss-reactive ketones (excluding diaryl/α,β-unsaturated/α-hetero) is 1. The Kier molecular flexibility index (Phi) is 7.93. The van der Waals surface area contributed by atoms with Gasteiger partial charge in [-0.05, 0) is 44.5 Å². The summed E-state index contributed by atoms with van der Waals surface area (Å²) in [6.45, 7) is 4.87. The maximum atomic E-state index is 12.3. The molecule has 0 radical (unpaired) electrons. The first-order chi connectivity index (χ1) is 14.3. The van der Waals surface area contributed by atoms with E-state index in [0.717, 1.165) is 11.3 Å². The number of hydrazone groups is 1. The third kappa shape index (κ3) is 5.35. The highest BCUT2D eigenvalue weighted by Gasteiger charge is 2.25. The maximum Gasteiger partial charge on any atom is 0.341 e. The highest BCUT2D eigenvalue weighted by atomic mass is 32.1. The van der Waals surface area contributed by atoms with Gasteiger partial charge < -0.3 is 14.2 Å². The molecule has 0 fully saturated rings. The van der Waals surface area contributed by atoms with Crippen LogP contribution in [0.5, 0.6) is 11.5 Å². The molecule has 0 aliphatic rings. The summed E-state index contributed by atoms with van der Waals surface area (Å²) >= 11 is 1.01. The third-order valence-corrected chi connectivity index (χ3v) is 5.29. The van der Waals surface area contributed by atoms with Crippen molar-refractivity contribution in [2.45, 2.75) is 20.8 Å². The van der Waals surface area contributed by atoms with Gasteiger partial charge in [-0.2, -0.15) is 5.10 Å². The second-order valence-corrected chi connectivity index (χ2v) is 6.99. The average molecular weight is 433 g/mol. The minimum Gasteiger partial charge on any atom is -0.497 e. The van der Waals surface area contributed by atoms with Crippen LogP contribution in [0.3, 0.4) is 0 Å². The van der Waals surface area contributed by atoms with Gasteiger partial charge in [0, 0.05) is 5.56 Å². The van der Waals surface area contributed by atoms with Crippen molar-refractivity contribution < 1.29 is 28.6 Å². The molecule has 0 unspecified atom stereocenters. The van der Waals surface area contributed by atoms with Gasteiger partial charge in [-0.3, -0.25) is 10.1 Å². The van der Waals surface area contributed by atoms with Crippen LogP contribution >= 0.6 is 11.3 Å². The Morgan fingerprint density at radius 3 is 2.53 bits per heavy atom. The molecule has 0 aliphatic carbocycles. The SMILES string of the molecule is CCOC(=O)c1c(NC(=O)NN=Cc2cc(OC)ccc2OC)sc(C(C)=O)c1C. The number of ketones is 1. The molecular formula is C20H23N3O6S. The normalized spacial score (nSPS) is 10.6. The monoisotopic (exact) mass is 433 g/mol. The van der Waals surface area contributed by atoms with E-state index in [0.29, 0.717) is 27.5 Å². The number of hydrogen-bond donors (Lipinski definition) is 2. The van der Waals surface area contributed by atoms with E-state index in [1.54, 1.807) is 32.0 Å². The first-order valence-corrected chi connectivity index (χ1v) is 9.77. The number of carbonyl (C=O) groups excluding carboxylic acids is 3. The number of ether oxygens (including phenoxy) is 3. The molecule has 1 aromatic heterocycles. The third-order valence-electron chi connectivity index (χ3n) is 3.98. The molecule has 2 N–H and O–H groups in total. The minimum absolute atomic E-state index is 0.153. The second-order valence-electron chi connectivity index (χ2n) is 5.97. The molecule has 2 aromatic rings. The molecule has 9 nitrogen and oxygen atoms in total. The Labute approximate surface area is 178 Å². The van der Waals surface area contributed by atoms with E-state index in [4.69, 9.17) is 14.2 Å². The number of benzene rings is 1.